The van der Waals surface area contributed by atoms with Crippen molar-refractivity contribution in [3.8, 4) is 0 Å². The third-order valence-electron chi connectivity index (χ3n) is 3.81. The van der Waals surface area contributed by atoms with Crippen LogP contribution in [0.4, 0.5) is 17.1 Å². The smallest absolute Gasteiger partial charge is 0.0869 e. The summed E-state index contributed by atoms with van der Waals surface area (Å²) in [4.78, 5) is 1.70. The van der Waals surface area contributed by atoms with E-state index in [0.717, 1.165) is 22.4 Å². The van der Waals surface area contributed by atoms with Crippen molar-refractivity contribution in [2.45, 2.75) is 6.54 Å². The van der Waals surface area contributed by atoms with Gasteiger partial charge in [-0.25, -0.2) is 0 Å². The molecule has 0 saturated heterocycles. The van der Waals surface area contributed by atoms with Crippen molar-refractivity contribution in [1.29, 1.82) is 0 Å². The highest BCUT2D eigenvalue weighted by molar-refractivity contribution is 9.10. The van der Waals surface area contributed by atoms with Crippen molar-refractivity contribution >= 4 is 33.0 Å². The second kappa shape index (κ2) is 10.8. The van der Waals surface area contributed by atoms with Gasteiger partial charge in [-0.2, -0.15) is 20.1 Å². The Bertz CT molecular complexity index is 1020. The number of benzene rings is 3. The second-order valence-corrected chi connectivity index (χ2v) is 6.87. The first-order valence-corrected chi connectivity index (χ1v) is 9.79. The van der Waals surface area contributed by atoms with Gasteiger partial charge in [-0.05, 0) is 57.9 Å². The molecule has 4 aromatic rings. The Labute approximate surface area is 178 Å². The number of nitrogen functional groups attached to an aromatic ring is 1. The van der Waals surface area contributed by atoms with Crippen molar-refractivity contribution in [2.75, 3.05) is 11.2 Å². The Hall–Kier alpha value is -3.45. The summed E-state index contributed by atoms with van der Waals surface area (Å²) < 4.78 is 0.831. The van der Waals surface area contributed by atoms with E-state index < -0.39 is 0 Å². The van der Waals surface area contributed by atoms with Crippen LogP contribution in [0.2, 0.25) is 0 Å². The summed E-state index contributed by atoms with van der Waals surface area (Å²) in [5, 5.41) is 12.3. The molecule has 29 heavy (non-hydrogen) atoms. The van der Waals surface area contributed by atoms with Gasteiger partial charge in [0, 0.05) is 16.4 Å². The van der Waals surface area contributed by atoms with Gasteiger partial charge in [0.25, 0.3) is 0 Å². The lowest BCUT2D eigenvalue weighted by Crippen LogP contribution is -2.14. The van der Waals surface area contributed by atoms with Crippen LogP contribution in [0.3, 0.4) is 0 Å². The maximum atomic E-state index is 5.68. The van der Waals surface area contributed by atoms with E-state index in [-0.39, 0.29) is 0 Å². The number of halogens is 1. The van der Waals surface area contributed by atoms with Crippen LogP contribution in [0.15, 0.2) is 112 Å². The van der Waals surface area contributed by atoms with Crippen LogP contribution in [-0.4, -0.2) is 9.89 Å². The molecule has 0 saturated carbocycles. The average molecular weight is 449 g/mol. The molecule has 0 aliphatic heterocycles. The first-order chi connectivity index (χ1) is 14.2. The number of nitrogens with zero attached hydrogens (tertiary/aromatic N) is 4. The molecule has 0 fully saturated rings. The highest BCUT2D eigenvalue weighted by Gasteiger charge is 1.96. The highest BCUT2D eigenvalue weighted by atomic mass is 79.9. The number of rotatable bonds is 5. The SMILES string of the molecule is Nc1ccc(/N=N/c2ccccc2)cc1Br.c1ccc(CNn2cccn2)cc1. The van der Waals surface area contributed by atoms with Gasteiger partial charge in [-0.3, -0.25) is 0 Å². The van der Waals surface area contributed by atoms with Crippen LogP contribution in [0.25, 0.3) is 0 Å². The molecule has 0 aliphatic rings. The predicted octanol–water partition coefficient (Wildman–Crippen LogP) is 6.07. The number of nitrogens with two attached hydrogens (primary N) is 1. The lowest BCUT2D eigenvalue weighted by molar-refractivity contribution is 0.731. The molecule has 6 nitrogen and oxygen atoms in total. The minimum absolute atomic E-state index is 0.693. The summed E-state index contributed by atoms with van der Waals surface area (Å²) in [7, 11) is 0. The van der Waals surface area contributed by atoms with Crippen LogP contribution >= 0.6 is 15.9 Å². The van der Waals surface area contributed by atoms with Crippen LogP contribution in [0, 0.1) is 0 Å². The van der Waals surface area contributed by atoms with Crippen molar-refractivity contribution in [3.63, 3.8) is 0 Å². The Morgan fingerprint density at radius 3 is 2.21 bits per heavy atom. The lowest BCUT2D eigenvalue weighted by atomic mass is 10.2. The summed E-state index contributed by atoms with van der Waals surface area (Å²) in [5.41, 5.74) is 12.4. The molecule has 1 heterocycles. The van der Waals surface area contributed by atoms with E-state index in [2.05, 4.69) is 48.8 Å². The molecule has 0 aliphatic carbocycles. The molecule has 0 unspecified atom stereocenters. The monoisotopic (exact) mass is 448 g/mol. The van der Waals surface area contributed by atoms with Crippen LogP contribution in [0.5, 0.6) is 0 Å². The molecule has 0 bridgehead atoms. The first kappa shape index (κ1) is 20.3. The summed E-state index contributed by atoms with van der Waals surface area (Å²) in [6.07, 6.45) is 3.63. The van der Waals surface area contributed by atoms with Crippen LogP contribution in [-0.2, 0) is 6.54 Å². The van der Waals surface area contributed by atoms with E-state index in [1.165, 1.54) is 5.56 Å². The van der Waals surface area contributed by atoms with E-state index in [9.17, 15) is 0 Å². The van der Waals surface area contributed by atoms with Crippen LogP contribution < -0.4 is 11.2 Å². The normalized spacial score (nSPS) is 10.4. The highest BCUT2D eigenvalue weighted by Crippen LogP contribution is 2.26. The van der Waals surface area contributed by atoms with E-state index in [1.807, 2.05) is 72.9 Å². The fourth-order valence-electron chi connectivity index (χ4n) is 2.32. The molecule has 0 radical (unpaired) electrons. The fraction of sp³-hybridized carbons (Fsp3) is 0.0455. The Morgan fingerprint density at radius 2 is 1.55 bits per heavy atom. The van der Waals surface area contributed by atoms with Crippen molar-refractivity contribution in [1.82, 2.24) is 9.89 Å². The Morgan fingerprint density at radius 1 is 0.862 bits per heavy atom. The number of hydrogen-bond acceptors (Lipinski definition) is 5. The maximum Gasteiger partial charge on any atom is 0.0869 e. The summed E-state index contributed by atoms with van der Waals surface area (Å²) in [5.74, 6) is 0. The molecule has 4 rings (SSSR count). The molecule has 0 atom stereocenters. The quantitative estimate of drug-likeness (QED) is 0.287. The topological polar surface area (TPSA) is 80.6 Å². The van der Waals surface area contributed by atoms with Crippen LogP contribution in [0.1, 0.15) is 5.56 Å². The van der Waals surface area contributed by atoms with Crippen molar-refractivity contribution in [2.24, 2.45) is 10.2 Å². The number of nitrogens with one attached hydrogen (secondary N) is 1. The number of hydrogen-bond donors (Lipinski definition) is 2. The zero-order valence-electron chi connectivity index (χ0n) is 15.7. The minimum Gasteiger partial charge on any atom is -0.398 e. The van der Waals surface area contributed by atoms with E-state index in [0.29, 0.717) is 5.69 Å². The molecule has 0 amide bonds. The van der Waals surface area contributed by atoms with E-state index >= 15 is 0 Å². The largest absolute Gasteiger partial charge is 0.398 e. The predicted molar refractivity (Wildman–Crippen MR) is 121 cm³/mol. The Balaban J connectivity index is 0.000000169. The molecule has 3 aromatic carbocycles. The summed E-state index contributed by atoms with van der Waals surface area (Å²) in [6.45, 7) is 0.794. The zero-order chi connectivity index (χ0) is 20.3. The summed E-state index contributed by atoms with van der Waals surface area (Å²) in [6, 6.07) is 27.2. The van der Waals surface area contributed by atoms with Gasteiger partial charge >= 0.3 is 0 Å². The number of azo groups is 1. The Kier molecular flexibility index (Phi) is 7.54. The van der Waals surface area contributed by atoms with E-state index in [4.69, 9.17) is 5.73 Å². The summed E-state index contributed by atoms with van der Waals surface area (Å²) >= 11 is 3.35. The standard InChI is InChI=1S/C12H10BrN3.C10H11N3/c13-11-8-10(6-7-12(11)14)16-15-9-4-2-1-3-5-9;1-2-5-10(6-3-1)9-12-13-8-4-7-11-13/h1-8H,14H2;1-8,12H,9H2/b16-15+;. The average Bonchev–Trinajstić information content (AvgIpc) is 3.29. The molecule has 146 valence electrons. The molecule has 7 heteroatoms. The minimum atomic E-state index is 0.693. The first-order valence-electron chi connectivity index (χ1n) is 9.00. The van der Waals surface area contributed by atoms with Gasteiger partial charge < -0.3 is 11.2 Å². The van der Waals surface area contributed by atoms with Crippen molar-refractivity contribution in [3.05, 3.63) is 107 Å². The molecule has 3 N–H and O–H groups in total. The fourth-order valence-corrected chi connectivity index (χ4v) is 2.69. The maximum absolute atomic E-state index is 5.68. The number of aromatic nitrogens is 2. The van der Waals surface area contributed by atoms with Gasteiger partial charge in [0.1, 0.15) is 0 Å². The molecule has 0 spiro atoms. The van der Waals surface area contributed by atoms with Gasteiger partial charge in [0.05, 0.1) is 24.1 Å². The van der Waals surface area contributed by atoms with Gasteiger partial charge in [-0.1, -0.05) is 48.5 Å². The van der Waals surface area contributed by atoms with Crippen molar-refractivity contribution < 1.29 is 0 Å². The van der Waals surface area contributed by atoms with Gasteiger partial charge in [0.15, 0.2) is 0 Å². The van der Waals surface area contributed by atoms with Gasteiger partial charge in [-0.15, -0.1) is 0 Å². The lowest BCUT2D eigenvalue weighted by Gasteiger charge is -2.04. The van der Waals surface area contributed by atoms with Gasteiger partial charge in [0.2, 0.25) is 0 Å². The molecule has 1 aromatic heterocycles. The third kappa shape index (κ3) is 6.90. The zero-order valence-corrected chi connectivity index (χ0v) is 17.3. The molecular formula is C22H21BrN6. The number of anilines is 1. The second-order valence-electron chi connectivity index (χ2n) is 6.01. The van der Waals surface area contributed by atoms with E-state index in [1.54, 1.807) is 17.1 Å². The third-order valence-corrected chi connectivity index (χ3v) is 4.50. The molecular weight excluding hydrogens is 428 g/mol.